The van der Waals surface area contributed by atoms with Gasteiger partial charge in [-0.1, -0.05) is 6.92 Å². The van der Waals surface area contributed by atoms with Crippen LogP contribution in [0, 0.1) is 29.1 Å². The van der Waals surface area contributed by atoms with Gasteiger partial charge in [0.25, 0.3) is 0 Å². The van der Waals surface area contributed by atoms with Gasteiger partial charge in [0, 0.05) is 13.7 Å². The van der Waals surface area contributed by atoms with E-state index in [1.807, 2.05) is 0 Å². The Morgan fingerprint density at radius 3 is 2.17 bits per heavy atom. The monoisotopic (exact) mass is 251 g/mol. The van der Waals surface area contributed by atoms with Crippen LogP contribution < -0.4 is 5.32 Å². The lowest BCUT2D eigenvalue weighted by Gasteiger charge is -2.59. The zero-order chi connectivity index (χ0) is 12.6. The minimum atomic E-state index is 0.703. The molecule has 0 radical (unpaired) electrons. The van der Waals surface area contributed by atoms with Gasteiger partial charge in [0.2, 0.25) is 0 Å². The summed E-state index contributed by atoms with van der Waals surface area (Å²) in [5.74, 6) is 4.09. The summed E-state index contributed by atoms with van der Waals surface area (Å²) in [4.78, 5) is 0. The maximum atomic E-state index is 5.11. The van der Waals surface area contributed by atoms with E-state index in [2.05, 4.69) is 12.2 Å². The largest absolute Gasteiger partial charge is 0.383 e. The Morgan fingerprint density at radius 2 is 1.67 bits per heavy atom. The molecule has 4 aliphatic carbocycles. The second-order valence-corrected chi connectivity index (χ2v) is 7.38. The molecule has 2 heteroatoms. The average Bonchev–Trinajstić information content (AvgIpc) is 2.32. The molecule has 0 aromatic rings. The van der Waals surface area contributed by atoms with Crippen LogP contribution in [0.5, 0.6) is 0 Å². The summed E-state index contributed by atoms with van der Waals surface area (Å²) >= 11 is 0. The molecular weight excluding hydrogens is 222 g/mol. The SMILES string of the molecule is COCCNCC(C)C12CC3CC(CC(C3)C1)C2. The fraction of sp³-hybridized carbons (Fsp3) is 1.00. The number of methoxy groups -OCH3 is 1. The molecule has 0 spiro atoms. The molecule has 1 N–H and O–H groups in total. The van der Waals surface area contributed by atoms with Crippen LogP contribution in [0.25, 0.3) is 0 Å². The van der Waals surface area contributed by atoms with E-state index in [9.17, 15) is 0 Å². The minimum Gasteiger partial charge on any atom is -0.383 e. The number of ether oxygens (including phenoxy) is 1. The van der Waals surface area contributed by atoms with Gasteiger partial charge in [-0.15, -0.1) is 0 Å². The second-order valence-electron chi connectivity index (χ2n) is 7.38. The lowest BCUT2D eigenvalue weighted by molar-refractivity contribution is -0.0825. The standard InChI is InChI=1S/C16H29NO/c1-12(11-17-3-4-18-2)16-8-13-5-14(9-16)7-15(6-13)10-16/h12-15,17H,3-11H2,1-2H3. The van der Waals surface area contributed by atoms with Gasteiger partial charge in [-0.2, -0.15) is 0 Å². The third-order valence-electron chi connectivity index (χ3n) is 6.06. The Bertz CT molecular complexity index is 254. The van der Waals surface area contributed by atoms with Gasteiger partial charge >= 0.3 is 0 Å². The fourth-order valence-electron chi connectivity index (χ4n) is 5.49. The highest BCUT2D eigenvalue weighted by molar-refractivity contribution is 5.03. The highest BCUT2D eigenvalue weighted by Crippen LogP contribution is 2.62. The first kappa shape index (κ1) is 12.9. The molecule has 2 nitrogen and oxygen atoms in total. The van der Waals surface area contributed by atoms with E-state index in [0.717, 1.165) is 36.8 Å². The van der Waals surface area contributed by atoms with Gasteiger partial charge in [-0.3, -0.25) is 0 Å². The van der Waals surface area contributed by atoms with E-state index in [0.29, 0.717) is 5.41 Å². The first-order valence-electron chi connectivity index (χ1n) is 7.91. The highest BCUT2D eigenvalue weighted by Gasteiger charge is 2.52. The zero-order valence-electron chi connectivity index (χ0n) is 12.1. The average molecular weight is 251 g/mol. The predicted molar refractivity (Wildman–Crippen MR) is 74.5 cm³/mol. The van der Waals surface area contributed by atoms with E-state index in [1.54, 1.807) is 26.4 Å². The Hall–Kier alpha value is -0.0800. The van der Waals surface area contributed by atoms with Crippen LogP contribution in [-0.2, 0) is 4.74 Å². The van der Waals surface area contributed by atoms with E-state index < -0.39 is 0 Å². The molecule has 4 saturated carbocycles. The Morgan fingerprint density at radius 1 is 1.11 bits per heavy atom. The first-order chi connectivity index (χ1) is 8.72. The fourth-order valence-corrected chi connectivity index (χ4v) is 5.49. The van der Waals surface area contributed by atoms with Crippen molar-refractivity contribution >= 4 is 0 Å². The summed E-state index contributed by atoms with van der Waals surface area (Å²) in [6, 6.07) is 0. The number of hydrogen-bond acceptors (Lipinski definition) is 2. The van der Waals surface area contributed by atoms with Gasteiger partial charge in [0.1, 0.15) is 0 Å². The van der Waals surface area contributed by atoms with Crippen LogP contribution in [0.3, 0.4) is 0 Å². The predicted octanol–water partition coefficient (Wildman–Crippen LogP) is 3.07. The van der Waals surface area contributed by atoms with Crippen molar-refractivity contribution in [3.8, 4) is 0 Å². The van der Waals surface area contributed by atoms with Gasteiger partial charge in [0.15, 0.2) is 0 Å². The molecule has 1 atom stereocenters. The molecule has 4 fully saturated rings. The molecular formula is C16H29NO. The van der Waals surface area contributed by atoms with Crippen molar-refractivity contribution in [2.45, 2.75) is 45.4 Å². The second kappa shape index (κ2) is 5.13. The maximum Gasteiger partial charge on any atom is 0.0587 e. The summed E-state index contributed by atoms with van der Waals surface area (Å²) in [6.07, 6.45) is 9.28. The lowest BCUT2D eigenvalue weighted by atomic mass is 9.46. The molecule has 1 unspecified atom stereocenters. The van der Waals surface area contributed by atoms with Gasteiger partial charge < -0.3 is 10.1 Å². The molecule has 4 aliphatic rings. The molecule has 0 amide bonds. The summed E-state index contributed by atoms with van der Waals surface area (Å²) in [6.45, 7) is 5.53. The minimum absolute atomic E-state index is 0.703. The van der Waals surface area contributed by atoms with Gasteiger partial charge in [0.05, 0.1) is 6.61 Å². The van der Waals surface area contributed by atoms with E-state index >= 15 is 0 Å². The van der Waals surface area contributed by atoms with Gasteiger partial charge in [-0.25, -0.2) is 0 Å². The van der Waals surface area contributed by atoms with Crippen LogP contribution in [0.15, 0.2) is 0 Å². The molecule has 4 rings (SSSR count). The Balaban J connectivity index is 1.57. The summed E-state index contributed by atoms with van der Waals surface area (Å²) in [5, 5.41) is 3.59. The Labute approximate surface area is 112 Å². The van der Waals surface area contributed by atoms with Crippen LogP contribution in [0.4, 0.5) is 0 Å². The molecule has 104 valence electrons. The van der Waals surface area contributed by atoms with Crippen LogP contribution >= 0.6 is 0 Å². The van der Waals surface area contributed by atoms with E-state index in [-0.39, 0.29) is 0 Å². The van der Waals surface area contributed by atoms with Crippen molar-refractivity contribution in [1.82, 2.24) is 5.32 Å². The van der Waals surface area contributed by atoms with Crippen LogP contribution in [-0.4, -0.2) is 26.8 Å². The van der Waals surface area contributed by atoms with Gasteiger partial charge in [-0.05, 0) is 74.2 Å². The zero-order valence-corrected chi connectivity index (χ0v) is 12.1. The van der Waals surface area contributed by atoms with E-state index in [4.69, 9.17) is 4.74 Å². The number of hydrogen-bond donors (Lipinski definition) is 1. The molecule has 18 heavy (non-hydrogen) atoms. The molecule has 0 aromatic carbocycles. The summed E-state index contributed by atoms with van der Waals surface area (Å²) in [7, 11) is 1.78. The molecule has 0 aliphatic heterocycles. The molecule has 0 heterocycles. The topological polar surface area (TPSA) is 21.3 Å². The maximum absolute atomic E-state index is 5.11. The third-order valence-corrected chi connectivity index (χ3v) is 6.06. The van der Waals surface area contributed by atoms with Crippen LogP contribution in [0.2, 0.25) is 0 Å². The van der Waals surface area contributed by atoms with Crippen molar-refractivity contribution in [1.29, 1.82) is 0 Å². The smallest absolute Gasteiger partial charge is 0.0587 e. The summed E-state index contributed by atoms with van der Waals surface area (Å²) < 4.78 is 5.11. The number of rotatable bonds is 6. The third kappa shape index (κ3) is 2.34. The van der Waals surface area contributed by atoms with Crippen molar-refractivity contribution < 1.29 is 4.74 Å². The van der Waals surface area contributed by atoms with Crippen LogP contribution in [0.1, 0.15) is 45.4 Å². The number of nitrogens with one attached hydrogen (secondary N) is 1. The lowest BCUT2D eigenvalue weighted by Crippen LogP contribution is -2.50. The summed E-state index contributed by atoms with van der Waals surface area (Å²) in [5.41, 5.74) is 0.703. The molecule has 0 saturated heterocycles. The molecule has 0 aromatic heterocycles. The van der Waals surface area contributed by atoms with E-state index in [1.165, 1.54) is 25.8 Å². The van der Waals surface area contributed by atoms with Crippen molar-refractivity contribution in [2.75, 3.05) is 26.8 Å². The molecule has 4 bridgehead atoms. The van der Waals surface area contributed by atoms with Crippen molar-refractivity contribution in [2.24, 2.45) is 29.1 Å². The van der Waals surface area contributed by atoms with Crippen molar-refractivity contribution in [3.63, 3.8) is 0 Å². The normalized spacial score (nSPS) is 43.3. The highest BCUT2D eigenvalue weighted by atomic mass is 16.5. The Kier molecular flexibility index (Phi) is 3.68. The van der Waals surface area contributed by atoms with Crippen molar-refractivity contribution in [3.05, 3.63) is 0 Å². The quantitative estimate of drug-likeness (QED) is 0.733. The first-order valence-corrected chi connectivity index (χ1v) is 7.91.